The third-order valence-corrected chi connectivity index (χ3v) is 8.70. The van der Waals surface area contributed by atoms with Gasteiger partial charge in [0.1, 0.15) is 0 Å². The van der Waals surface area contributed by atoms with Gasteiger partial charge in [0, 0.05) is 40.7 Å². The molecule has 0 bridgehead atoms. The van der Waals surface area contributed by atoms with Gasteiger partial charge in [-0.2, -0.15) is 0 Å². The fourth-order valence-electron chi connectivity index (χ4n) is 5.98. The average Bonchev–Trinajstić information content (AvgIpc) is 3.19. The van der Waals surface area contributed by atoms with Crippen molar-refractivity contribution in [3.63, 3.8) is 0 Å². The largest absolute Gasteiger partial charge is 0.305 e. The van der Waals surface area contributed by atoms with E-state index in [9.17, 15) is 0 Å². The van der Waals surface area contributed by atoms with Gasteiger partial charge in [0.25, 0.3) is 0 Å². The van der Waals surface area contributed by atoms with Crippen molar-refractivity contribution in [2.75, 3.05) is 0 Å². The number of nitrogens with zero attached hydrogens (tertiary/aromatic N) is 2. The molecule has 1 radical (unpaired) electrons. The van der Waals surface area contributed by atoms with Gasteiger partial charge < -0.3 is 9.97 Å². The smallest absolute Gasteiger partial charge is 0.0383 e. The van der Waals surface area contributed by atoms with E-state index in [2.05, 4.69) is 22.1 Å². The van der Waals surface area contributed by atoms with Crippen LogP contribution in [-0.4, -0.2) is 9.97 Å². The van der Waals surface area contributed by atoms with E-state index in [1.165, 1.54) is 18.2 Å². The minimum atomic E-state index is -2.20. The molecule has 48 heavy (non-hydrogen) atoms. The van der Waals surface area contributed by atoms with Crippen molar-refractivity contribution < 1.29 is 28.3 Å². The van der Waals surface area contributed by atoms with Crippen LogP contribution in [0.3, 0.4) is 0 Å². The molecular formula is C45H44IrN2-2. The third-order valence-electron chi connectivity index (χ3n) is 8.70. The van der Waals surface area contributed by atoms with Gasteiger partial charge in [-0.15, -0.1) is 71.3 Å². The van der Waals surface area contributed by atoms with Crippen LogP contribution in [0.25, 0.3) is 33.6 Å². The Balaban J connectivity index is 0.000000215. The summed E-state index contributed by atoms with van der Waals surface area (Å²) in [4.78, 5) is 8.83. The molecule has 6 aromatic rings. The van der Waals surface area contributed by atoms with E-state index in [4.69, 9.17) is 8.22 Å². The second-order valence-corrected chi connectivity index (χ2v) is 12.1. The average molecular weight is 811 g/mol. The maximum atomic E-state index is 9.02. The molecule has 1 aliphatic rings. The SMILES string of the molecule is [2H]C(C)(c1ccc(C)cc1)c1cc[c-]c(-c2cc(C([2H])([2H])C3CCCCC3)ccn2)c1.[2H]C([2H])([2H])c1cnc(-c2[c-]cccc2)cc1-c1ccccc1.[Ir]. The molecule has 4 aromatic carbocycles. The van der Waals surface area contributed by atoms with Crippen LogP contribution in [0.5, 0.6) is 0 Å². The van der Waals surface area contributed by atoms with E-state index < -0.39 is 19.1 Å². The van der Waals surface area contributed by atoms with Gasteiger partial charge >= 0.3 is 0 Å². The molecule has 0 amide bonds. The number of hydrogen-bond acceptors (Lipinski definition) is 2. The number of aryl methyl sites for hydroxylation is 2. The second-order valence-electron chi connectivity index (χ2n) is 12.1. The van der Waals surface area contributed by atoms with E-state index in [1.54, 1.807) is 6.20 Å². The first-order chi connectivity index (χ1) is 25.3. The molecule has 3 heteroatoms. The zero-order chi connectivity index (χ0) is 37.6. The Morgan fingerprint density at radius 3 is 2.29 bits per heavy atom. The molecule has 0 N–H and O–H groups in total. The minimum Gasteiger partial charge on any atom is -0.305 e. The van der Waals surface area contributed by atoms with Crippen molar-refractivity contribution in [2.24, 2.45) is 5.92 Å². The van der Waals surface area contributed by atoms with Gasteiger partial charge in [0.05, 0.1) is 0 Å². The first-order valence-electron chi connectivity index (χ1n) is 19.4. The Morgan fingerprint density at radius 2 is 1.54 bits per heavy atom. The summed E-state index contributed by atoms with van der Waals surface area (Å²) in [5, 5.41) is 0. The predicted octanol–water partition coefficient (Wildman–Crippen LogP) is 11.7. The van der Waals surface area contributed by atoms with E-state index in [1.807, 2.05) is 129 Å². The fourth-order valence-corrected chi connectivity index (χ4v) is 5.98. The van der Waals surface area contributed by atoms with Crippen LogP contribution in [0.2, 0.25) is 0 Å². The van der Waals surface area contributed by atoms with Crippen LogP contribution in [0.4, 0.5) is 0 Å². The number of rotatable bonds is 7. The quantitative estimate of drug-likeness (QED) is 0.150. The summed E-state index contributed by atoms with van der Waals surface area (Å²) in [5.41, 5.74) is 8.55. The molecule has 0 saturated heterocycles. The Hall–Kier alpha value is -4.17. The van der Waals surface area contributed by atoms with Gasteiger partial charge in [-0.05, 0) is 71.7 Å². The molecule has 1 unspecified atom stereocenters. The Morgan fingerprint density at radius 1 is 0.792 bits per heavy atom. The summed E-state index contributed by atoms with van der Waals surface area (Å²) in [6.07, 6.45) is 7.11. The second kappa shape index (κ2) is 17.3. The third kappa shape index (κ3) is 9.25. The van der Waals surface area contributed by atoms with Gasteiger partial charge in [-0.3, -0.25) is 0 Å². The summed E-state index contributed by atoms with van der Waals surface area (Å²) in [5.74, 6) is -0.837. The van der Waals surface area contributed by atoms with Crippen molar-refractivity contribution in [3.8, 4) is 33.6 Å². The summed E-state index contributed by atoms with van der Waals surface area (Å²) in [6.45, 7) is 1.75. The topological polar surface area (TPSA) is 25.8 Å². The van der Waals surface area contributed by atoms with Crippen molar-refractivity contribution in [2.45, 2.75) is 65.1 Å². The Kier molecular flexibility index (Phi) is 10.00. The summed E-state index contributed by atoms with van der Waals surface area (Å²) in [6, 6.07) is 42.7. The number of pyridine rings is 2. The summed E-state index contributed by atoms with van der Waals surface area (Å²) in [7, 11) is 0. The molecule has 2 nitrogen and oxygen atoms in total. The van der Waals surface area contributed by atoms with Crippen LogP contribution in [0.15, 0.2) is 128 Å². The zero-order valence-corrected chi connectivity index (χ0v) is 29.9. The molecule has 0 aliphatic heterocycles. The van der Waals surface area contributed by atoms with Crippen LogP contribution in [0, 0.1) is 31.8 Å². The van der Waals surface area contributed by atoms with Crippen LogP contribution in [-0.2, 0) is 26.5 Å². The Bertz CT molecular complexity index is 2110. The van der Waals surface area contributed by atoms with E-state index in [0.717, 1.165) is 53.5 Å². The molecule has 7 rings (SSSR count). The zero-order valence-electron chi connectivity index (χ0n) is 33.5. The molecule has 2 aromatic heterocycles. The van der Waals surface area contributed by atoms with Crippen molar-refractivity contribution in [1.29, 1.82) is 0 Å². The standard InChI is InChI=1S/C27H30N.C18H14N.Ir/c1-20-11-13-24(14-12-20)21(2)25-9-6-10-26(19-25)27-18-23(15-16-28-27)17-22-7-4-3-5-8-22;1-14-13-19-18(16-10-6-3-7-11-16)12-17(14)15-8-4-2-5-9-15;/h6,9,11-16,18-19,21-22H,3-5,7-8,17H2,1-2H3;2-10,12-13H,1H3;/q2*-1;/i17D2,21D;1D3;. The van der Waals surface area contributed by atoms with Crippen molar-refractivity contribution >= 4 is 0 Å². The molecule has 1 aliphatic carbocycles. The van der Waals surface area contributed by atoms with Gasteiger partial charge in [0.2, 0.25) is 0 Å². The van der Waals surface area contributed by atoms with Crippen LogP contribution < -0.4 is 0 Å². The van der Waals surface area contributed by atoms with Crippen LogP contribution >= 0.6 is 0 Å². The van der Waals surface area contributed by atoms with Crippen LogP contribution in [0.1, 0.15) is 81.0 Å². The molecular weight excluding hydrogens is 761 g/mol. The molecule has 1 saturated carbocycles. The van der Waals surface area contributed by atoms with Gasteiger partial charge in [-0.25, -0.2) is 0 Å². The minimum absolute atomic E-state index is 0. The van der Waals surface area contributed by atoms with Gasteiger partial charge in [0.15, 0.2) is 0 Å². The molecule has 1 fully saturated rings. The first kappa shape index (κ1) is 27.7. The summed E-state index contributed by atoms with van der Waals surface area (Å²) >= 11 is 0. The maximum absolute atomic E-state index is 9.02. The van der Waals surface area contributed by atoms with Crippen molar-refractivity contribution in [1.82, 2.24) is 9.97 Å². The summed E-state index contributed by atoms with van der Waals surface area (Å²) < 4.78 is 49.8. The fraction of sp³-hybridized carbons (Fsp3) is 0.244. The van der Waals surface area contributed by atoms with Crippen molar-refractivity contribution in [3.05, 3.63) is 168 Å². The van der Waals surface area contributed by atoms with E-state index >= 15 is 0 Å². The van der Waals surface area contributed by atoms with E-state index in [0.29, 0.717) is 22.5 Å². The molecule has 1 atom stereocenters. The number of hydrogen-bond donors (Lipinski definition) is 0. The number of benzene rings is 4. The molecule has 2 heterocycles. The first-order valence-corrected chi connectivity index (χ1v) is 16.4. The number of aromatic nitrogens is 2. The molecule has 0 spiro atoms. The van der Waals surface area contributed by atoms with Gasteiger partial charge in [-0.1, -0.05) is 117 Å². The predicted molar refractivity (Wildman–Crippen MR) is 196 cm³/mol. The molecule has 245 valence electrons. The maximum Gasteiger partial charge on any atom is 0.0383 e. The van der Waals surface area contributed by atoms with E-state index in [-0.39, 0.29) is 31.6 Å². The normalized spacial score (nSPS) is 16.5. The monoisotopic (exact) mass is 811 g/mol. The Labute approximate surface area is 309 Å².